The van der Waals surface area contributed by atoms with Gasteiger partial charge in [0, 0.05) is 32.6 Å². The van der Waals surface area contributed by atoms with Crippen LogP contribution in [0.2, 0.25) is 0 Å². The Hall–Kier alpha value is -2.70. The van der Waals surface area contributed by atoms with Gasteiger partial charge in [-0.15, -0.1) is 0 Å². The van der Waals surface area contributed by atoms with Crippen molar-refractivity contribution in [1.82, 2.24) is 10.2 Å². The van der Waals surface area contributed by atoms with Crippen molar-refractivity contribution in [3.05, 3.63) is 71.3 Å². The molecule has 2 aromatic carbocycles. The van der Waals surface area contributed by atoms with Crippen LogP contribution in [0, 0.1) is 0 Å². The Kier molecular flexibility index (Phi) is 5.65. The van der Waals surface area contributed by atoms with Crippen LogP contribution in [0.4, 0.5) is 0 Å². The molecular weight excluding hydrogens is 368 g/mol. The summed E-state index contributed by atoms with van der Waals surface area (Å²) in [6, 6.07) is 17.6. The molecule has 2 aliphatic rings. The predicted octanol–water partition coefficient (Wildman–Crippen LogP) is 2.18. The molecule has 1 N–H and O–H groups in total. The fourth-order valence-corrected chi connectivity index (χ4v) is 3.94. The van der Waals surface area contributed by atoms with E-state index in [1.54, 1.807) is 19.1 Å². The Morgan fingerprint density at radius 2 is 1.93 bits per heavy atom. The largest absolute Gasteiger partial charge is 0.445 e. The van der Waals surface area contributed by atoms with Crippen LogP contribution in [-0.4, -0.2) is 54.7 Å². The van der Waals surface area contributed by atoms with Gasteiger partial charge in [0.25, 0.3) is 5.91 Å². The van der Waals surface area contributed by atoms with Gasteiger partial charge in [-0.1, -0.05) is 48.5 Å². The van der Waals surface area contributed by atoms with Crippen molar-refractivity contribution in [2.45, 2.75) is 31.6 Å². The Labute approximate surface area is 170 Å². The number of carbonyl (C=O) groups excluding carboxylic acids is 2. The van der Waals surface area contributed by atoms with Gasteiger partial charge in [-0.05, 0) is 24.1 Å². The SMILES string of the molecule is CC1(C(=O)NCC2CN(Cc3ccccc3)CCO2)Cc2ccccc2C(=O)O1. The summed E-state index contributed by atoms with van der Waals surface area (Å²) in [5.74, 6) is -0.739. The van der Waals surface area contributed by atoms with Gasteiger partial charge in [0.1, 0.15) is 0 Å². The van der Waals surface area contributed by atoms with E-state index in [0.29, 0.717) is 25.1 Å². The fourth-order valence-electron chi connectivity index (χ4n) is 3.94. The van der Waals surface area contributed by atoms with Gasteiger partial charge in [0.05, 0.1) is 18.3 Å². The number of hydrogen-bond donors (Lipinski definition) is 1. The third kappa shape index (κ3) is 4.49. The standard InChI is InChI=1S/C23H26N2O4/c1-23(13-18-9-5-6-10-20(18)21(26)29-23)22(27)24-14-19-16-25(11-12-28-19)15-17-7-3-2-4-8-17/h2-10,19H,11-16H2,1H3,(H,24,27). The van der Waals surface area contributed by atoms with Crippen molar-refractivity contribution in [2.75, 3.05) is 26.2 Å². The maximum absolute atomic E-state index is 12.8. The molecule has 0 aromatic heterocycles. The molecular formula is C23H26N2O4. The summed E-state index contributed by atoms with van der Waals surface area (Å²) in [7, 11) is 0. The van der Waals surface area contributed by atoms with E-state index < -0.39 is 11.6 Å². The van der Waals surface area contributed by atoms with Crippen LogP contribution in [0.5, 0.6) is 0 Å². The number of fused-ring (bicyclic) bond motifs is 1. The maximum Gasteiger partial charge on any atom is 0.339 e. The van der Waals surface area contributed by atoms with Gasteiger partial charge in [-0.25, -0.2) is 4.79 Å². The van der Waals surface area contributed by atoms with Crippen LogP contribution in [0.25, 0.3) is 0 Å². The lowest BCUT2D eigenvalue weighted by Crippen LogP contribution is -2.54. The molecule has 0 aliphatic carbocycles. The molecule has 0 radical (unpaired) electrons. The number of morpholine rings is 1. The minimum atomic E-state index is -1.20. The number of hydrogen-bond acceptors (Lipinski definition) is 5. The summed E-state index contributed by atoms with van der Waals surface area (Å²) in [5.41, 5.74) is 1.43. The monoisotopic (exact) mass is 394 g/mol. The van der Waals surface area contributed by atoms with Gasteiger partial charge in [-0.2, -0.15) is 0 Å². The summed E-state index contributed by atoms with van der Waals surface area (Å²) in [6.45, 7) is 5.16. The Morgan fingerprint density at radius 1 is 1.17 bits per heavy atom. The highest BCUT2D eigenvalue weighted by Crippen LogP contribution is 2.28. The van der Waals surface area contributed by atoms with Crippen molar-refractivity contribution < 1.29 is 19.1 Å². The molecule has 1 saturated heterocycles. The van der Waals surface area contributed by atoms with Crippen LogP contribution in [-0.2, 0) is 27.2 Å². The molecule has 1 fully saturated rings. The fraction of sp³-hybridized carbons (Fsp3) is 0.391. The summed E-state index contributed by atoms with van der Waals surface area (Å²) in [5, 5.41) is 2.93. The number of amides is 1. The average molecular weight is 394 g/mol. The molecule has 2 heterocycles. The first-order chi connectivity index (χ1) is 14.0. The highest BCUT2D eigenvalue weighted by atomic mass is 16.6. The van der Waals surface area contributed by atoms with E-state index in [0.717, 1.165) is 25.2 Å². The normalized spacial score (nSPS) is 24.4. The maximum atomic E-state index is 12.8. The van der Waals surface area contributed by atoms with Gasteiger partial charge in [-0.3, -0.25) is 9.69 Å². The quantitative estimate of drug-likeness (QED) is 0.788. The molecule has 4 rings (SSSR count). The first-order valence-corrected chi connectivity index (χ1v) is 10.0. The highest BCUT2D eigenvalue weighted by molar-refractivity contribution is 5.97. The number of carbonyl (C=O) groups is 2. The van der Waals surface area contributed by atoms with Crippen molar-refractivity contribution in [1.29, 1.82) is 0 Å². The summed E-state index contributed by atoms with van der Waals surface area (Å²) in [4.78, 5) is 27.5. The first-order valence-electron chi connectivity index (χ1n) is 10.0. The number of nitrogens with one attached hydrogen (secondary N) is 1. The van der Waals surface area contributed by atoms with Crippen molar-refractivity contribution >= 4 is 11.9 Å². The molecule has 6 heteroatoms. The zero-order valence-electron chi connectivity index (χ0n) is 16.6. The van der Waals surface area contributed by atoms with E-state index in [1.165, 1.54) is 5.56 Å². The molecule has 0 saturated carbocycles. The third-order valence-corrected chi connectivity index (χ3v) is 5.53. The number of rotatable bonds is 5. The van der Waals surface area contributed by atoms with E-state index in [1.807, 2.05) is 30.3 Å². The second-order valence-electron chi connectivity index (χ2n) is 7.88. The van der Waals surface area contributed by atoms with Crippen molar-refractivity contribution in [3.8, 4) is 0 Å². The molecule has 2 aromatic rings. The minimum Gasteiger partial charge on any atom is -0.445 e. The van der Waals surface area contributed by atoms with Gasteiger partial charge < -0.3 is 14.8 Å². The van der Waals surface area contributed by atoms with E-state index in [4.69, 9.17) is 9.47 Å². The molecule has 29 heavy (non-hydrogen) atoms. The Balaban J connectivity index is 1.33. The third-order valence-electron chi connectivity index (χ3n) is 5.53. The van der Waals surface area contributed by atoms with Crippen LogP contribution < -0.4 is 5.32 Å². The highest BCUT2D eigenvalue weighted by Gasteiger charge is 2.42. The lowest BCUT2D eigenvalue weighted by Gasteiger charge is -2.35. The predicted molar refractivity (Wildman–Crippen MR) is 108 cm³/mol. The first kappa shape index (κ1) is 19.6. The topological polar surface area (TPSA) is 67.9 Å². The number of benzene rings is 2. The van der Waals surface area contributed by atoms with Gasteiger partial charge >= 0.3 is 5.97 Å². The van der Waals surface area contributed by atoms with Gasteiger partial charge in [0.15, 0.2) is 5.60 Å². The molecule has 6 nitrogen and oxygen atoms in total. The molecule has 0 bridgehead atoms. The second-order valence-corrected chi connectivity index (χ2v) is 7.88. The van der Waals surface area contributed by atoms with E-state index >= 15 is 0 Å². The Bertz CT molecular complexity index is 885. The van der Waals surface area contributed by atoms with E-state index in [-0.39, 0.29) is 12.0 Å². The summed E-state index contributed by atoms with van der Waals surface area (Å²) in [6.07, 6.45) is 0.276. The van der Waals surface area contributed by atoms with Crippen LogP contribution in [0.1, 0.15) is 28.4 Å². The number of cyclic esters (lactones) is 1. The number of ether oxygens (including phenoxy) is 2. The summed E-state index contributed by atoms with van der Waals surface area (Å²) < 4.78 is 11.3. The molecule has 152 valence electrons. The molecule has 0 spiro atoms. The molecule has 1 amide bonds. The second kappa shape index (κ2) is 8.35. The summed E-state index contributed by atoms with van der Waals surface area (Å²) >= 11 is 0. The smallest absolute Gasteiger partial charge is 0.339 e. The van der Waals surface area contributed by atoms with E-state index in [2.05, 4.69) is 22.3 Å². The lowest BCUT2D eigenvalue weighted by atomic mass is 9.89. The van der Waals surface area contributed by atoms with Gasteiger partial charge in [0.2, 0.25) is 0 Å². The molecule has 2 atom stereocenters. The van der Waals surface area contributed by atoms with E-state index in [9.17, 15) is 9.59 Å². The van der Waals surface area contributed by atoms with Crippen LogP contribution in [0.3, 0.4) is 0 Å². The number of nitrogens with zero attached hydrogens (tertiary/aromatic N) is 1. The zero-order valence-corrected chi connectivity index (χ0v) is 16.6. The average Bonchev–Trinajstić information content (AvgIpc) is 2.73. The zero-order chi connectivity index (χ0) is 20.3. The van der Waals surface area contributed by atoms with Crippen LogP contribution in [0.15, 0.2) is 54.6 Å². The van der Waals surface area contributed by atoms with Crippen molar-refractivity contribution in [3.63, 3.8) is 0 Å². The minimum absolute atomic E-state index is 0.0911. The molecule has 2 unspecified atom stereocenters. The Morgan fingerprint density at radius 3 is 2.76 bits per heavy atom. The van der Waals surface area contributed by atoms with Crippen molar-refractivity contribution in [2.24, 2.45) is 0 Å². The lowest BCUT2D eigenvalue weighted by molar-refractivity contribution is -0.140. The molecule has 2 aliphatic heterocycles. The number of esters is 1. The van der Waals surface area contributed by atoms with Crippen LogP contribution >= 0.6 is 0 Å².